The summed E-state index contributed by atoms with van der Waals surface area (Å²) < 4.78 is 43.4. The second kappa shape index (κ2) is 9.97. The van der Waals surface area contributed by atoms with Crippen molar-refractivity contribution in [3.8, 4) is 0 Å². The van der Waals surface area contributed by atoms with Crippen LogP contribution in [0.3, 0.4) is 0 Å². The van der Waals surface area contributed by atoms with Gasteiger partial charge in [-0.05, 0) is 29.3 Å². The first-order valence-corrected chi connectivity index (χ1v) is 9.61. The van der Waals surface area contributed by atoms with E-state index < -0.39 is 11.7 Å². The first kappa shape index (κ1) is 22.1. The minimum Gasteiger partial charge on any atom is -0.472 e. The van der Waals surface area contributed by atoms with Crippen molar-refractivity contribution in [1.29, 1.82) is 0 Å². The molecule has 0 saturated carbocycles. The molecule has 0 aliphatic heterocycles. The quantitative estimate of drug-likeness (QED) is 0.566. The van der Waals surface area contributed by atoms with E-state index in [9.17, 15) is 22.8 Å². The minimum absolute atomic E-state index is 0.00931. The number of amides is 2. The van der Waals surface area contributed by atoms with E-state index in [-0.39, 0.29) is 31.3 Å². The number of furan rings is 1. The highest BCUT2D eigenvalue weighted by Gasteiger charge is 2.30. The Morgan fingerprint density at radius 2 is 1.71 bits per heavy atom. The molecule has 0 radical (unpaired) electrons. The molecular weight excluding hydrogens is 409 g/mol. The summed E-state index contributed by atoms with van der Waals surface area (Å²) in [6, 6.07) is 15.7. The Labute approximate surface area is 177 Å². The van der Waals surface area contributed by atoms with Gasteiger partial charge in [0.25, 0.3) is 5.91 Å². The number of hydrogen-bond acceptors (Lipinski definition) is 3. The molecule has 0 aliphatic rings. The highest BCUT2D eigenvalue weighted by atomic mass is 19.4. The molecule has 8 heteroatoms. The number of rotatable bonds is 8. The molecule has 162 valence electrons. The normalized spacial score (nSPS) is 11.2. The van der Waals surface area contributed by atoms with Crippen molar-refractivity contribution in [3.05, 3.63) is 95.4 Å². The Morgan fingerprint density at radius 1 is 0.968 bits per heavy atom. The van der Waals surface area contributed by atoms with E-state index in [4.69, 9.17) is 4.42 Å². The van der Waals surface area contributed by atoms with Crippen molar-refractivity contribution < 1.29 is 27.2 Å². The molecule has 0 fully saturated rings. The van der Waals surface area contributed by atoms with E-state index in [0.29, 0.717) is 17.7 Å². The summed E-state index contributed by atoms with van der Waals surface area (Å²) in [4.78, 5) is 26.6. The molecule has 2 amide bonds. The minimum atomic E-state index is -4.44. The summed E-state index contributed by atoms with van der Waals surface area (Å²) in [7, 11) is 0. The van der Waals surface area contributed by atoms with Crippen LogP contribution < -0.4 is 5.32 Å². The third kappa shape index (κ3) is 6.47. The number of benzene rings is 2. The van der Waals surface area contributed by atoms with Crippen molar-refractivity contribution in [2.45, 2.75) is 25.7 Å². The van der Waals surface area contributed by atoms with E-state index in [1.54, 1.807) is 6.07 Å². The molecule has 1 N–H and O–H groups in total. The number of carbonyl (C=O) groups excluding carboxylic acids is 2. The van der Waals surface area contributed by atoms with Gasteiger partial charge in [0.05, 0.1) is 17.4 Å². The molecule has 0 atom stereocenters. The highest BCUT2D eigenvalue weighted by Crippen LogP contribution is 2.29. The molecule has 1 heterocycles. The maximum absolute atomic E-state index is 12.8. The van der Waals surface area contributed by atoms with Gasteiger partial charge in [-0.15, -0.1) is 0 Å². The number of nitrogens with one attached hydrogen (secondary N) is 1. The summed E-state index contributed by atoms with van der Waals surface area (Å²) in [5.41, 5.74) is 0.863. The van der Waals surface area contributed by atoms with E-state index in [2.05, 4.69) is 5.32 Å². The first-order valence-electron chi connectivity index (χ1n) is 9.61. The number of halogens is 3. The van der Waals surface area contributed by atoms with E-state index in [1.165, 1.54) is 29.6 Å². The van der Waals surface area contributed by atoms with Gasteiger partial charge in [0.2, 0.25) is 5.91 Å². The molecule has 5 nitrogen and oxygen atoms in total. The van der Waals surface area contributed by atoms with Crippen LogP contribution in [-0.4, -0.2) is 23.3 Å². The third-order valence-electron chi connectivity index (χ3n) is 4.62. The lowest BCUT2D eigenvalue weighted by molar-refractivity contribution is -0.137. The standard InChI is InChI=1S/C23H21F3N2O3/c24-23(25,26)20-8-4-7-18(13-20)14-27-21(29)9-11-28(15-17-5-2-1-3-6-17)22(30)19-10-12-31-16-19/h1-8,10,12-13,16H,9,11,14-15H2,(H,27,29). The van der Waals surface area contributed by atoms with Crippen molar-refractivity contribution >= 4 is 11.8 Å². The Morgan fingerprint density at radius 3 is 2.39 bits per heavy atom. The lowest BCUT2D eigenvalue weighted by Gasteiger charge is -2.22. The monoisotopic (exact) mass is 430 g/mol. The maximum atomic E-state index is 12.8. The summed E-state index contributed by atoms with van der Waals surface area (Å²) in [6.07, 6.45) is -1.69. The number of hydrogen-bond donors (Lipinski definition) is 1. The summed E-state index contributed by atoms with van der Waals surface area (Å²) in [5, 5.41) is 2.61. The Balaban J connectivity index is 1.59. The van der Waals surface area contributed by atoms with Gasteiger partial charge in [-0.1, -0.05) is 42.5 Å². The molecule has 0 bridgehead atoms. The molecule has 1 aromatic heterocycles. The Bertz CT molecular complexity index is 1000. The van der Waals surface area contributed by atoms with Crippen molar-refractivity contribution in [2.75, 3.05) is 6.54 Å². The van der Waals surface area contributed by atoms with Crippen molar-refractivity contribution in [2.24, 2.45) is 0 Å². The number of alkyl halides is 3. The van der Waals surface area contributed by atoms with Crippen LogP contribution in [0.25, 0.3) is 0 Å². The van der Waals surface area contributed by atoms with Crippen LogP contribution in [-0.2, 0) is 24.1 Å². The predicted octanol–water partition coefficient (Wildman–Crippen LogP) is 4.65. The van der Waals surface area contributed by atoms with Crippen LogP contribution in [0.2, 0.25) is 0 Å². The van der Waals surface area contributed by atoms with Crippen molar-refractivity contribution in [3.63, 3.8) is 0 Å². The van der Waals surface area contributed by atoms with E-state index in [1.807, 2.05) is 30.3 Å². The first-order chi connectivity index (χ1) is 14.8. The molecule has 0 spiro atoms. The number of nitrogens with zero attached hydrogens (tertiary/aromatic N) is 1. The van der Waals surface area contributed by atoms with Gasteiger partial charge in [0.1, 0.15) is 6.26 Å². The number of carbonyl (C=O) groups is 2. The fraction of sp³-hybridized carbons (Fsp3) is 0.217. The van der Waals surface area contributed by atoms with Crippen LogP contribution >= 0.6 is 0 Å². The van der Waals surface area contributed by atoms with Crippen LogP contribution in [0.1, 0.15) is 33.5 Å². The molecule has 0 saturated heterocycles. The average molecular weight is 430 g/mol. The van der Waals surface area contributed by atoms with Gasteiger partial charge in [-0.25, -0.2) is 0 Å². The average Bonchev–Trinajstić information content (AvgIpc) is 3.30. The molecule has 3 rings (SSSR count). The molecular formula is C23H21F3N2O3. The van der Waals surface area contributed by atoms with Gasteiger partial charge >= 0.3 is 6.18 Å². The van der Waals surface area contributed by atoms with Crippen molar-refractivity contribution in [1.82, 2.24) is 10.2 Å². The Hall–Kier alpha value is -3.55. The fourth-order valence-electron chi connectivity index (χ4n) is 3.01. The second-order valence-electron chi connectivity index (χ2n) is 6.95. The van der Waals surface area contributed by atoms with Crippen LogP contribution in [0.5, 0.6) is 0 Å². The Kier molecular flexibility index (Phi) is 7.12. The zero-order chi connectivity index (χ0) is 22.3. The SMILES string of the molecule is O=C(CCN(Cc1ccccc1)C(=O)c1ccoc1)NCc1cccc(C(F)(F)F)c1. The smallest absolute Gasteiger partial charge is 0.416 e. The summed E-state index contributed by atoms with van der Waals surface area (Å²) in [5.74, 6) is -0.640. The zero-order valence-corrected chi connectivity index (χ0v) is 16.6. The van der Waals surface area contributed by atoms with Crippen LogP contribution in [0.4, 0.5) is 13.2 Å². The molecule has 0 unspecified atom stereocenters. The van der Waals surface area contributed by atoms with E-state index >= 15 is 0 Å². The maximum Gasteiger partial charge on any atom is 0.416 e. The lowest BCUT2D eigenvalue weighted by Crippen LogP contribution is -2.34. The zero-order valence-electron chi connectivity index (χ0n) is 16.6. The van der Waals surface area contributed by atoms with Crippen LogP contribution in [0, 0.1) is 0 Å². The molecule has 31 heavy (non-hydrogen) atoms. The third-order valence-corrected chi connectivity index (χ3v) is 4.62. The molecule has 2 aromatic carbocycles. The fourth-order valence-corrected chi connectivity index (χ4v) is 3.01. The second-order valence-corrected chi connectivity index (χ2v) is 6.95. The van der Waals surface area contributed by atoms with E-state index in [0.717, 1.165) is 17.7 Å². The predicted molar refractivity (Wildman–Crippen MR) is 108 cm³/mol. The van der Waals surface area contributed by atoms with Gasteiger partial charge in [-0.3, -0.25) is 9.59 Å². The van der Waals surface area contributed by atoms with Gasteiger partial charge < -0.3 is 14.6 Å². The summed E-state index contributed by atoms with van der Waals surface area (Å²) >= 11 is 0. The largest absolute Gasteiger partial charge is 0.472 e. The highest BCUT2D eigenvalue weighted by molar-refractivity contribution is 5.94. The topological polar surface area (TPSA) is 62.6 Å². The lowest BCUT2D eigenvalue weighted by atomic mass is 10.1. The van der Waals surface area contributed by atoms with Gasteiger partial charge in [-0.2, -0.15) is 13.2 Å². The van der Waals surface area contributed by atoms with Gasteiger partial charge in [0, 0.05) is 26.1 Å². The van der Waals surface area contributed by atoms with Crippen LogP contribution in [0.15, 0.2) is 77.6 Å². The molecule has 3 aromatic rings. The summed E-state index contributed by atoms with van der Waals surface area (Å²) in [6.45, 7) is 0.427. The van der Waals surface area contributed by atoms with Gasteiger partial charge in [0.15, 0.2) is 0 Å². The molecule has 0 aliphatic carbocycles.